The van der Waals surface area contributed by atoms with Gasteiger partial charge >= 0.3 is 5.97 Å². The number of ether oxygens (including phenoxy) is 1. The maximum atomic E-state index is 14.1. The van der Waals surface area contributed by atoms with E-state index in [1.165, 1.54) is 12.1 Å². The molecule has 0 saturated heterocycles. The lowest BCUT2D eigenvalue weighted by molar-refractivity contribution is -0.137. The number of carboxylic acids is 1. The van der Waals surface area contributed by atoms with Crippen LogP contribution in [0.15, 0.2) is 36.4 Å². The SMILES string of the molecule is COc1ccc2cc(C(F)(F)CCCC(=O)O)ccc2c1. The Hall–Kier alpha value is -2.17. The summed E-state index contributed by atoms with van der Waals surface area (Å²) in [5, 5.41) is 10.0. The van der Waals surface area contributed by atoms with E-state index in [2.05, 4.69) is 0 Å². The smallest absolute Gasteiger partial charge is 0.303 e. The lowest BCUT2D eigenvalue weighted by atomic mass is 9.99. The fourth-order valence-corrected chi connectivity index (χ4v) is 2.18. The molecule has 0 aromatic heterocycles. The summed E-state index contributed by atoms with van der Waals surface area (Å²) in [6, 6.07) is 9.66. The first-order chi connectivity index (χ1) is 9.92. The first-order valence-corrected chi connectivity index (χ1v) is 6.60. The van der Waals surface area contributed by atoms with Crippen LogP contribution in [0.2, 0.25) is 0 Å². The number of halogens is 2. The summed E-state index contributed by atoms with van der Waals surface area (Å²) in [5.41, 5.74) is -0.0921. The first kappa shape index (κ1) is 15.2. The van der Waals surface area contributed by atoms with Gasteiger partial charge < -0.3 is 9.84 Å². The average Bonchev–Trinajstić information content (AvgIpc) is 2.45. The van der Waals surface area contributed by atoms with Crippen molar-refractivity contribution >= 4 is 16.7 Å². The van der Waals surface area contributed by atoms with Crippen LogP contribution in [0.25, 0.3) is 10.8 Å². The summed E-state index contributed by atoms with van der Waals surface area (Å²) in [6.45, 7) is 0. The van der Waals surface area contributed by atoms with Gasteiger partial charge in [-0.05, 0) is 35.4 Å². The molecule has 21 heavy (non-hydrogen) atoms. The molecule has 0 amide bonds. The predicted molar refractivity (Wildman–Crippen MR) is 75.9 cm³/mol. The number of hydrogen-bond acceptors (Lipinski definition) is 2. The van der Waals surface area contributed by atoms with Crippen LogP contribution in [-0.2, 0) is 10.7 Å². The zero-order chi connectivity index (χ0) is 15.5. The third-order valence-corrected chi connectivity index (χ3v) is 3.35. The number of carbonyl (C=O) groups is 1. The van der Waals surface area contributed by atoms with Crippen molar-refractivity contribution in [2.45, 2.75) is 25.2 Å². The molecule has 5 heteroatoms. The molecule has 0 aliphatic carbocycles. The molecular formula is C16H16F2O3. The van der Waals surface area contributed by atoms with Gasteiger partial charge in [0.2, 0.25) is 0 Å². The summed E-state index contributed by atoms with van der Waals surface area (Å²) >= 11 is 0. The molecule has 0 spiro atoms. The van der Waals surface area contributed by atoms with Crippen LogP contribution in [0.4, 0.5) is 8.78 Å². The van der Waals surface area contributed by atoms with E-state index >= 15 is 0 Å². The zero-order valence-electron chi connectivity index (χ0n) is 11.6. The molecular weight excluding hydrogens is 278 g/mol. The number of aliphatic carboxylic acids is 1. The molecule has 2 aromatic rings. The molecule has 1 N–H and O–H groups in total. The number of rotatable bonds is 6. The van der Waals surface area contributed by atoms with Gasteiger partial charge in [-0.1, -0.05) is 18.2 Å². The monoisotopic (exact) mass is 294 g/mol. The third-order valence-electron chi connectivity index (χ3n) is 3.35. The third kappa shape index (κ3) is 3.68. The molecule has 0 unspecified atom stereocenters. The second-order valence-corrected chi connectivity index (χ2v) is 4.88. The van der Waals surface area contributed by atoms with Gasteiger partial charge in [0, 0.05) is 18.4 Å². The van der Waals surface area contributed by atoms with Crippen molar-refractivity contribution in [1.82, 2.24) is 0 Å². The Balaban J connectivity index is 2.22. The fraction of sp³-hybridized carbons (Fsp3) is 0.312. The van der Waals surface area contributed by atoms with Crippen molar-refractivity contribution in [3.8, 4) is 5.75 Å². The Morgan fingerprint density at radius 1 is 1.19 bits per heavy atom. The Labute approximate surface area is 121 Å². The van der Waals surface area contributed by atoms with Gasteiger partial charge in [0.1, 0.15) is 5.75 Å². The molecule has 2 rings (SSSR count). The van der Waals surface area contributed by atoms with Crippen molar-refractivity contribution in [3.63, 3.8) is 0 Å². The highest BCUT2D eigenvalue weighted by atomic mass is 19.3. The molecule has 0 heterocycles. The van der Waals surface area contributed by atoms with Gasteiger partial charge in [-0.2, -0.15) is 0 Å². The number of methoxy groups -OCH3 is 1. The van der Waals surface area contributed by atoms with Gasteiger partial charge in [-0.15, -0.1) is 0 Å². The standard InChI is InChI=1S/C16H16F2O3/c1-21-14-7-5-11-9-13(6-4-12(11)10-14)16(17,18)8-2-3-15(19)20/h4-7,9-10H,2-3,8H2,1H3,(H,19,20). The topological polar surface area (TPSA) is 46.5 Å². The second-order valence-electron chi connectivity index (χ2n) is 4.88. The maximum absolute atomic E-state index is 14.1. The molecule has 112 valence electrons. The maximum Gasteiger partial charge on any atom is 0.303 e. The highest BCUT2D eigenvalue weighted by molar-refractivity contribution is 5.84. The van der Waals surface area contributed by atoms with E-state index in [1.54, 1.807) is 31.4 Å². The normalized spacial score (nSPS) is 11.6. The number of alkyl halides is 2. The minimum atomic E-state index is -3.02. The van der Waals surface area contributed by atoms with Gasteiger partial charge in [0.15, 0.2) is 0 Å². The summed E-state index contributed by atoms with van der Waals surface area (Å²) in [4.78, 5) is 10.4. The lowest BCUT2D eigenvalue weighted by Crippen LogP contribution is -2.14. The van der Waals surface area contributed by atoms with Crippen molar-refractivity contribution in [3.05, 3.63) is 42.0 Å². The molecule has 3 nitrogen and oxygen atoms in total. The molecule has 0 aliphatic rings. The largest absolute Gasteiger partial charge is 0.497 e. The second kappa shape index (κ2) is 6.08. The number of fused-ring (bicyclic) bond motifs is 1. The Kier molecular flexibility index (Phi) is 4.40. The average molecular weight is 294 g/mol. The predicted octanol–water partition coefficient (Wildman–Crippen LogP) is 4.20. The van der Waals surface area contributed by atoms with E-state index < -0.39 is 18.3 Å². The van der Waals surface area contributed by atoms with E-state index in [4.69, 9.17) is 9.84 Å². The summed E-state index contributed by atoms with van der Waals surface area (Å²) in [7, 11) is 1.55. The molecule has 0 bridgehead atoms. The van der Waals surface area contributed by atoms with E-state index in [9.17, 15) is 13.6 Å². The van der Waals surface area contributed by atoms with Crippen LogP contribution in [0, 0.1) is 0 Å². The van der Waals surface area contributed by atoms with Crippen LogP contribution in [0.3, 0.4) is 0 Å². The highest BCUT2D eigenvalue weighted by Gasteiger charge is 2.31. The van der Waals surface area contributed by atoms with Gasteiger partial charge in [0.25, 0.3) is 5.92 Å². The minimum absolute atomic E-state index is 0.0526. The summed E-state index contributed by atoms with van der Waals surface area (Å²) < 4.78 is 33.2. The number of carboxylic acid groups (broad SMARTS) is 1. The molecule has 0 radical (unpaired) electrons. The van der Waals surface area contributed by atoms with Crippen LogP contribution >= 0.6 is 0 Å². The van der Waals surface area contributed by atoms with Crippen LogP contribution in [0.5, 0.6) is 5.75 Å². The Morgan fingerprint density at radius 3 is 2.52 bits per heavy atom. The first-order valence-electron chi connectivity index (χ1n) is 6.60. The van der Waals surface area contributed by atoms with E-state index in [0.717, 1.165) is 5.39 Å². The van der Waals surface area contributed by atoms with Crippen molar-refractivity contribution in [1.29, 1.82) is 0 Å². The Morgan fingerprint density at radius 2 is 1.86 bits per heavy atom. The van der Waals surface area contributed by atoms with Crippen LogP contribution < -0.4 is 4.74 Å². The molecule has 0 aliphatic heterocycles. The Bertz CT molecular complexity index is 653. The van der Waals surface area contributed by atoms with E-state index in [1.807, 2.05) is 0 Å². The molecule has 0 saturated carbocycles. The zero-order valence-corrected chi connectivity index (χ0v) is 11.6. The fourth-order valence-electron chi connectivity index (χ4n) is 2.18. The summed E-state index contributed by atoms with van der Waals surface area (Å²) in [5.74, 6) is -3.41. The summed E-state index contributed by atoms with van der Waals surface area (Å²) in [6.07, 6.45) is -0.773. The van der Waals surface area contributed by atoms with Gasteiger partial charge in [0.05, 0.1) is 7.11 Å². The highest BCUT2D eigenvalue weighted by Crippen LogP contribution is 2.35. The number of benzene rings is 2. The van der Waals surface area contributed by atoms with Crippen molar-refractivity contribution in [2.24, 2.45) is 0 Å². The van der Waals surface area contributed by atoms with Gasteiger partial charge in [-0.25, -0.2) is 8.78 Å². The lowest BCUT2D eigenvalue weighted by Gasteiger charge is -2.17. The van der Waals surface area contributed by atoms with Crippen LogP contribution in [0.1, 0.15) is 24.8 Å². The van der Waals surface area contributed by atoms with Crippen molar-refractivity contribution < 1.29 is 23.4 Å². The number of hydrogen-bond donors (Lipinski definition) is 1. The van der Waals surface area contributed by atoms with Gasteiger partial charge in [-0.3, -0.25) is 4.79 Å². The molecule has 0 fully saturated rings. The minimum Gasteiger partial charge on any atom is -0.497 e. The molecule has 0 atom stereocenters. The molecule has 2 aromatic carbocycles. The van der Waals surface area contributed by atoms with Crippen molar-refractivity contribution in [2.75, 3.05) is 7.11 Å². The van der Waals surface area contributed by atoms with E-state index in [0.29, 0.717) is 11.1 Å². The van der Waals surface area contributed by atoms with E-state index in [-0.39, 0.29) is 18.4 Å². The van der Waals surface area contributed by atoms with Crippen LogP contribution in [-0.4, -0.2) is 18.2 Å². The quantitative estimate of drug-likeness (QED) is 0.868.